The minimum absolute atomic E-state index is 0.0558. The molecule has 1 aliphatic rings. The maximum absolute atomic E-state index is 12.8. The number of nitrogens with one attached hydrogen (secondary N) is 2. The summed E-state index contributed by atoms with van der Waals surface area (Å²) in [6, 6.07) is 3.78. The molecule has 1 aromatic rings. The Labute approximate surface area is 155 Å². The molecule has 1 amide bonds. The van der Waals surface area contributed by atoms with Crippen LogP contribution in [0.1, 0.15) is 18.4 Å². The summed E-state index contributed by atoms with van der Waals surface area (Å²) in [5, 5.41) is 6.36. The van der Waals surface area contributed by atoms with E-state index in [2.05, 4.69) is 10.6 Å². The van der Waals surface area contributed by atoms with E-state index in [1.54, 1.807) is 28.4 Å². The van der Waals surface area contributed by atoms with Gasteiger partial charge in [-0.05, 0) is 38.4 Å². The van der Waals surface area contributed by atoms with Gasteiger partial charge in [0.2, 0.25) is 11.7 Å². The lowest BCUT2D eigenvalue weighted by Crippen LogP contribution is -2.50. The van der Waals surface area contributed by atoms with Crippen molar-refractivity contribution in [3.05, 3.63) is 17.7 Å². The maximum atomic E-state index is 12.8. The highest BCUT2D eigenvalue weighted by Gasteiger charge is 2.39. The Bertz CT molecular complexity index is 594. The van der Waals surface area contributed by atoms with Crippen molar-refractivity contribution >= 4 is 5.91 Å². The fourth-order valence-corrected chi connectivity index (χ4v) is 3.48. The number of carbonyl (C=O) groups is 1. The Kier molecular flexibility index (Phi) is 7.53. The first-order valence-electron chi connectivity index (χ1n) is 8.87. The van der Waals surface area contributed by atoms with Gasteiger partial charge in [0.05, 0.1) is 33.4 Å². The third kappa shape index (κ3) is 4.40. The average Bonchev–Trinajstić information content (AvgIpc) is 2.68. The van der Waals surface area contributed by atoms with Crippen LogP contribution < -0.4 is 24.8 Å². The van der Waals surface area contributed by atoms with E-state index in [0.29, 0.717) is 36.8 Å². The van der Waals surface area contributed by atoms with E-state index in [9.17, 15) is 4.79 Å². The topological polar surface area (TPSA) is 78.1 Å². The Morgan fingerprint density at radius 1 is 1.08 bits per heavy atom. The standard InChI is InChI=1S/C19H30N2O5/c1-23-13-19(8-11-20-12-9-19)18(22)21-10-7-14-5-6-15(24-2)17(26-4)16(14)25-3/h5-6,20H,7-13H2,1-4H3,(H,21,22). The number of carbonyl (C=O) groups excluding carboxylic acids is 1. The number of methoxy groups -OCH3 is 4. The zero-order valence-electron chi connectivity index (χ0n) is 16.1. The number of amides is 1. The van der Waals surface area contributed by atoms with Gasteiger partial charge in [-0.3, -0.25) is 4.79 Å². The number of rotatable bonds is 9. The molecule has 0 spiro atoms. The van der Waals surface area contributed by atoms with Gasteiger partial charge in [0, 0.05) is 19.2 Å². The van der Waals surface area contributed by atoms with Crippen molar-refractivity contribution in [1.82, 2.24) is 10.6 Å². The molecular formula is C19H30N2O5. The van der Waals surface area contributed by atoms with Crippen molar-refractivity contribution in [2.24, 2.45) is 5.41 Å². The van der Waals surface area contributed by atoms with Crippen LogP contribution in [-0.2, 0) is 16.0 Å². The Morgan fingerprint density at radius 3 is 2.35 bits per heavy atom. The van der Waals surface area contributed by atoms with Gasteiger partial charge in [-0.25, -0.2) is 0 Å². The smallest absolute Gasteiger partial charge is 0.228 e. The predicted molar refractivity (Wildman–Crippen MR) is 99.2 cm³/mol. The lowest BCUT2D eigenvalue weighted by Gasteiger charge is -2.35. The molecule has 2 N–H and O–H groups in total. The highest BCUT2D eigenvalue weighted by Crippen LogP contribution is 2.39. The molecule has 0 aliphatic carbocycles. The van der Waals surface area contributed by atoms with Crippen LogP contribution in [-0.4, -0.2) is 60.6 Å². The lowest BCUT2D eigenvalue weighted by molar-refractivity contribution is -0.136. The Hall–Kier alpha value is -1.99. The van der Waals surface area contributed by atoms with Gasteiger partial charge in [0.25, 0.3) is 0 Å². The summed E-state index contributed by atoms with van der Waals surface area (Å²) in [7, 11) is 6.41. The fourth-order valence-electron chi connectivity index (χ4n) is 3.48. The van der Waals surface area contributed by atoms with E-state index in [0.717, 1.165) is 31.5 Å². The van der Waals surface area contributed by atoms with Gasteiger partial charge in [-0.15, -0.1) is 0 Å². The third-order valence-corrected chi connectivity index (χ3v) is 4.93. The second kappa shape index (κ2) is 9.64. The normalized spacial score (nSPS) is 16.0. The Morgan fingerprint density at radius 2 is 1.77 bits per heavy atom. The van der Waals surface area contributed by atoms with Crippen molar-refractivity contribution in [2.45, 2.75) is 19.3 Å². The van der Waals surface area contributed by atoms with E-state index in [4.69, 9.17) is 18.9 Å². The quantitative estimate of drug-likeness (QED) is 0.688. The summed E-state index contributed by atoms with van der Waals surface area (Å²) < 4.78 is 21.5. The molecule has 1 heterocycles. The maximum Gasteiger partial charge on any atom is 0.228 e. The Balaban J connectivity index is 2.03. The molecule has 0 bridgehead atoms. The molecule has 26 heavy (non-hydrogen) atoms. The first-order valence-corrected chi connectivity index (χ1v) is 8.87. The number of hydrogen-bond donors (Lipinski definition) is 2. The van der Waals surface area contributed by atoms with Gasteiger partial charge in [-0.2, -0.15) is 0 Å². The van der Waals surface area contributed by atoms with Crippen LogP contribution in [0, 0.1) is 5.41 Å². The summed E-state index contributed by atoms with van der Waals surface area (Å²) in [6.07, 6.45) is 2.20. The molecule has 0 saturated carbocycles. The average molecular weight is 366 g/mol. The van der Waals surface area contributed by atoms with Gasteiger partial charge in [0.1, 0.15) is 0 Å². The van der Waals surface area contributed by atoms with E-state index in [-0.39, 0.29) is 5.91 Å². The molecule has 1 aliphatic heterocycles. The second-order valence-corrected chi connectivity index (χ2v) is 6.46. The van der Waals surface area contributed by atoms with E-state index >= 15 is 0 Å². The van der Waals surface area contributed by atoms with E-state index < -0.39 is 5.41 Å². The highest BCUT2D eigenvalue weighted by atomic mass is 16.5. The van der Waals surface area contributed by atoms with Crippen molar-refractivity contribution < 1.29 is 23.7 Å². The van der Waals surface area contributed by atoms with Gasteiger partial charge < -0.3 is 29.6 Å². The number of benzene rings is 1. The second-order valence-electron chi connectivity index (χ2n) is 6.46. The first kappa shape index (κ1) is 20.3. The molecule has 0 atom stereocenters. The molecule has 1 fully saturated rings. The highest BCUT2D eigenvalue weighted by molar-refractivity contribution is 5.83. The summed E-state index contributed by atoms with van der Waals surface area (Å²) in [4.78, 5) is 12.8. The molecule has 0 unspecified atom stereocenters. The van der Waals surface area contributed by atoms with Crippen LogP contribution in [0.25, 0.3) is 0 Å². The molecule has 7 nitrogen and oxygen atoms in total. The summed E-state index contributed by atoms with van der Waals surface area (Å²) in [5.41, 5.74) is 0.512. The molecule has 146 valence electrons. The van der Waals surface area contributed by atoms with Crippen LogP contribution in [0.15, 0.2) is 12.1 Å². The minimum atomic E-state index is -0.443. The largest absolute Gasteiger partial charge is 0.493 e. The van der Waals surface area contributed by atoms with Crippen molar-refractivity contribution in [3.63, 3.8) is 0 Å². The fraction of sp³-hybridized carbons (Fsp3) is 0.632. The van der Waals surface area contributed by atoms with Crippen LogP contribution in [0.4, 0.5) is 0 Å². The van der Waals surface area contributed by atoms with Crippen LogP contribution >= 0.6 is 0 Å². The predicted octanol–water partition coefficient (Wildman–Crippen LogP) is 1.39. The molecule has 0 radical (unpaired) electrons. The van der Waals surface area contributed by atoms with Crippen LogP contribution in [0.2, 0.25) is 0 Å². The van der Waals surface area contributed by atoms with Gasteiger partial charge in [-0.1, -0.05) is 6.07 Å². The number of piperidine rings is 1. The molecule has 1 aromatic carbocycles. The summed E-state index contributed by atoms with van der Waals surface area (Å²) in [5.74, 6) is 1.87. The minimum Gasteiger partial charge on any atom is -0.493 e. The van der Waals surface area contributed by atoms with Crippen molar-refractivity contribution in [1.29, 1.82) is 0 Å². The molecular weight excluding hydrogens is 336 g/mol. The molecule has 1 saturated heterocycles. The van der Waals surface area contributed by atoms with E-state index in [1.165, 1.54) is 0 Å². The van der Waals surface area contributed by atoms with Gasteiger partial charge in [0.15, 0.2) is 11.5 Å². The zero-order chi connectivity index (χ0) is 19.0. The van der Waals surface area contributed by atoms with E-state index in [1.807, 2.05) is 12.1 Å². The first-order chi connectivity index (χ1) is 12.6. The summed E-state index contributed by atoms with van der Waals surface area (Å²) in [6.45, 7) is 2.63. The number of ether oxygens (including phenoxy) is 4. The zero-order valence-corrected chi connectivity index (χ0v) is 16.1. The molecule has 7 heteroatoms. The SMILES string of the molecule is COCC1(C(=O)NCCc2ccc(OC)c(OC)c2OC)CCNCC1. The number of hydrogen-bond acceptors (Lipinski definition) is 6. The van der Waals surface area contributed by atoms with Crippen LogP contribution in [0.3, 0.4) is 0 Å². The lowest BCUT2D eigenvalue weighted by atomic mass is 9.78. The third-order valence-electron chi connectivity index (χ3n) is 4.93. The van der Waals surface area contributed by atoms with Crippen LogP contribution in [0.5, 0.6) is 17.2 Å². The molecule has 0 aromatic heterocycles. The van der Waals surface area contributed by atoms with Gasteiger partial charge >= 0.3 is 0 Å². The molecule has 2 rings (SSSR count). The summed E-state index contributed by atoms with van der Waals surface area (Å²) >= 11 is 0. The van der Waals surface area contributed by atoms with Crippen molar-refractivity contribution in [2.75, 3.05) is 54.7 Å². The monoisotopic (exact) mass is 366 g/mol. The van der Waals surface area contributed by atoms with Crippen molar-refractivity contribution in [3.8, 4) is 17.2 Å².